The number of aliphatic carboxylic acids is 2. The molecule has 2 N–H and O–H groups in total. The Balaban J connectivity index is 0.0000000901. The van der Waals surface area contributed by atoms with Gasteiger partial charge in [0.1, 0.15) is 0 Å². The van der Waals surface area contributed by atoms with Gasteiger partial charge in [0.25, 0.3) is 0 Å². The Morgan fingerprint density at radius 3 is 0.529 bits per heavy atom. The van der Waals surface area contributed by atoms with E-state index in [1.54, 1.807) is 77.0 Å². The molecule has 16 bridgehead atoms. The van der Waals surface area contributed by atoms with Crippen molar-refractivity contribution in [3.8, 4) is 0 Å². The Morgan fingerprint density at radius 2 is 0.441 bits per heavy atom. The molecule has 186 valence electrons. The molecule has 14 fully saturated rings. The van der Waals surface area contributed by atoms with Crippen LogP contribution in [0.4, 0.5) is 0 Å². The summed E-state index contributed by atoms with van der Waals surface area (Å²) in [4.78, 5) is 18.2. The Bertz CT molecular complexity index is 647. The normalized spacial score (nSPS) is 60.6. The van der Waals surface area contributed by atoms with E-state index < -0.39 is 11.9 Å². The van der Waals surface area contributed by atoms with Crippen LogP contribution in [0.3, 0.4) is 0 Å². The second kappa shape index (κ2) is 7.25. The first-order valence-corrected chi connectivity index (χ1v) is 14.9. The lowest BCUT2D eigenvalue weighted by Gasteiger charge is -2.69. The topological polar surface area (TPSA) is 74.6 Å². The number of rotatable bonds is 0. The fraction of sp³-hybridized carbons (Fsp3) is 0.933. The van der Waals surface area contributed by atoms with Gasteiger partial charge in [-0.3, -0.25) is 0 Å². The van der Waals surface area contributed by atoms with Crippen LogP contribution in [-0.4, -0.2) is 22.2 Å². The van der Waals surface area contributed by atoms with Gasteiger partial charge in [0.2, 0.25) is 0 Å². The minimum Gasteiger partial charge on any atom is -0.473 e. The summed E-state index contributed by atoms with van der Waals surface area (Å²) in [5.74, 6) is 15.8. The van der Waals surface area contributed by atoms with E-state index in [1.165, 1.54) is 94.7 Å². The number of carbonyl (C=O) groups is 2. The minimum absolute atomic E-state index is 1.19. The molecule has 0 aromatic rings. The van der Waals surface area contributed by atoms with Crippen LogP contribution in [0.25, 0.3) is 0 Å². The summed E-state index contributed by atoms with van der Waals surface area (Å²) in [6.07, 6.45) is 19.9. The maximum Gasteiger partial charge on any atom is 0.414 e. The molecular formula is C30H42O4. The van der Waals surface area contributed by atoms with Crippen LogP contribution in [0.1, 0.15) is 77.0 Å². The lowest BCUT2D eigenvalue weighted by atomic mass is 9.36. The smallest absolute Gasteiger partial charge is 0.414 e. The standard InChI is InChI=1S/2C14H20.C2H2O4/c2*1-7-2-12-10-4-8-5-11(9(1)10)13(3-7)14(12)6-8;3-1(4)2(5)6/h2*7-14H,1-6H2;(H,3,4)(H,5,6). The van der Waals surface area contributed by atoms with Gasteiger partial charge in [0, 0.05) is 0 Å². The molecule has 0 radical (unpaired) electrons. The van der Waals surface area contributed by atoms with Gasteiger partial charge in [-0.1, -0.05) is 0 Å². The van der Waals surface area contributed by atoms with Crippen molar-refractivity contribution in [1.29, 1.82) is 0 Å². The third kappa shape index (κ3) is 2.83. The number of carboxylic acids is 2. The molecule has 0 unspecified atom stereocenters. The lowest BCUT2D eigenvalue weighted by molar-refractivity contribution is -0.202. The molecule has 0 aromatic carbocycles. The van der Waals surface area contributed by atoms with Crippen molar-refractivity contribution in [3.63, 3.8) is 0 Å². The van der Waals surface area contributed by atoms with Crippen molar-refractivity contribution in [1.82, 2.24) is 0 Å². The first-order valence-electron chi connectivity index (χ1n) is 14.9. The maximum atomic E-state index is 9.10. The van der Waals surface area contributed by atoms with E-state index in [0.717, 1.165) is 0 Å². The summed E-state index contributed by atoms with van der Waals surface area (Å²) in [5.41, 5.74) is 0. The zero-order chi connectivity index (χ0) is 22.9. The predicted octanol–water partition coefficient (Wildman–Crippen LogP) is 5.80. The third-order valence-corrected chi connectivity index (χ3v) is 14.0. The molecule has 14 aliphatic carbocycles. The maximum absolute atomic E-state index is 9.10. The highest BCUT2D eigenvalue weighted by molar-refractivity contribution is 6.27. The van der Waals surface area contributed by atoms with Crippen LogP contribution >= 0.6 is 0 Å². The zero-order valence-corrected chi connectivity index (χ0v) is 20.4. The summed E-state index contributed by atoms with van der Waals surface area (Å²) < 4.78 is 0. The van der Waals surface area contributed by atoms with Gasteiger partial charge in [-0.05, 0) is 172 Å². The van der Waals surface area contributed by atoms with Gasteiger partial charge in [-0.2, -0.15) is 0 Å². The van der Waals surface area contributed by atoms with Gasteiger partial charge >= 0.3 is 11.9 Å². The van der Waals surface area contributed by atoms with Crippen molar-refractivity contribution >= 4 is 11.9 Å². The van der Waals surface area contributed by atoms with Crippen LogP contribution in [0.2, 0.25) is 0 Å². The van der Waals surface area contributed by atoms with Gasteiger partial charge in [-0.15, -0.1) is 0 Å². The molecular weight excluding hydrogens is 424 g/mol. The third-order valence-electron chi connectivity index (χ3n) is 14.0. The number of hydrogen-bond donors (Lipinski definition) is 2. The molecule has 0 aromatic heterocycles. The Hall–Kier alpha value is -1.06. The summed E-state index contributed by atoms with van der Waals surface area (Å²) in [6.45, 7) is 0. The second-order valence-electron chi connectivity index (χ2n) is 14.9. The van der Waals surface area contributed by atoms with E-state index in [4.69, 9.17) is 19.8 Å². The highest BCUT2D eigenvalue weighted by Gasteiger charge is 2.64. The van der Waals surface area contributed by atoms with Crippen LogP contribution in [0.5, 0.6) is 0 Å². The van der Waals surface area contributed by atoms with Gasteiger partial charge in [0.05, 0.1) is 0 Å². The summed E-state index contributed by atoms with van der Waals surface area (Å²) >= 11 is 0. The molecule has 0 atom stereocenters. The fourth-order valence-corrected chi connectivity index (χ4v) is 13.8. The molecule has 0 amide bonds. The summed E-state index contributed by atoms with van der Waals surface area (Å²) in [6, 6.07) is 0. The molecule has 4 nitrogen and oxygen atoms in total. The molecule has 14 saturated carbocycles. The van der Waals surface area contributed by atoms with Crippen LogP contribution in [0.15, 0.2) is 0 Å². The summed E-state index contributed by atoms with van der Waals surface area (Å²) in [5, 5.41) is 14.8. The van der Waals surface area contributed by atoms with Crippen LogP contribution in [0, 0.1) is 94.7 Å². The van der Waals surface area contributed by atoms with E-state index in [-0.39, 0.29) is 0 Å². The molecule has 4 heteroatoms. The minimum atomic E-state index is -1.82. The molecule has 0 spiro atoms. The largest absolute Gasteiger partial charge is 0.473 e. The number of hydrogen-bond acceptors (Lipinski definition) is 2. The molecule has 0 heterocycles. The quantitative estimate of drug-likeness (QED) is 0.442. The van der Waals surface area contributed by atoms with Crippen molar-refractivity contribution in [2.75, 3.05) is 0 Å². The SMILES string of the molecule is C1C2CC3C4CC5CC(C14)C(C2)C3C5.C1C2CC3C4CC5CC(C14)C(C2)C3C5.O=C(O)C(=O)O. The van der Waals surface area contributed by atoms with Crippen LogP contribution < -0.4 is 0 Å². The first kappa shape index (κ1) is 21.1. The van der Waals surface area contributed by atoms with E-state index in [2.05, 4.69) is 0 Å². The predicted molar refractivity (Wildman–Crippen MR) is 127 cm³/mol. The Morgan fingerprint density at radius 1 is 0.324 bits per heavy atom. The van der Waals surface area contributed by atoms with E-state index >= 15 is 0 Å². The molecule has 0 saturated heterocycles. The average molecular weight is 467 g/mol. The lowest BCUT2D eigenvalue weighted by Crippen LogP contribution is -2.62. The summed E-state index contributed by atoms with van der Waals surface area (Å²) in [7, 11) is 0. The van der Waals surface area contributed by atoms with Crippen molar-refractivity contribution in [2.24, 2.45) is 94.7 Å². The van der Waals surface area contributed by atoms with E-state index in [0.29, 0.717) is 0 Å². The highest BCUT2D eigenvalue weighted by atomic mass is 16.4. The average Bonchev–Trinajstić information content (AvgIpc) is 2.85. The molecule has 34 heavy (non-hydrogen) atoms. The number of carboxylic acid groups (broad SMARTS) is 2. The molecule has 14 aliphatic rings. The van der Waals surface area contributed by atoms with E-state index in [1.807, 2.05) is 0 Å². The second-order valence-corrected chi connectivity index (χ2v) is 14.9. The van der Waals surface area contributed by atoms with Crippen molar-refractivity contribution in [2.45, 2.75) is 77.0 Å². The zero-order valence-electron chi connectivity index (χ0n) is 20.4. The van der Waals surface area contributed by atoms with E-state index in [9.17, 15) is 0 Å². The highest BCUT2D eigenvalue weighted by Crippen LogP contribution is 2.72. The molecule has 14 rings (SSSR count). The van der Waals surface area contributed by atoms with Gasteiger partial charge in [0.15, 0.2) is 0 Å². The van der Waals surface area contributed by atoms with Crippen LogP contribution in [-0.2, 0) is 9.59 Å². The van der Waals surface area contributed by atoms with Crippen molar-refractivity contribution < 1.29 is 19.8 Å². The Kier molecular flexibility index (Phi) is 4.49. The monoisotopic (exact) mass is 466 g/mol. The van der Waals surface area contributed by atoms with Gasteiger partial charge < -0.3 is 10.2 Å². The Labute approximate surface area is 203 Å². The fourth-order valence-electron chi connectivity index (χ4n) is 13.8. The van der Waals surface area contributed by atoms with Crippen molar-refractivity contribution in [3.05, 3.63) is 0 Å². The first-order chi connectivity index (χ1) is 16.4. The van der Waals surface area contributed by atoms with Gasteiger partial charge in [-0.25, -0.2) is 9.59 Å². The molecule has 0 aliphatic heterocycles.